The Balaban J connectivity index is 1.81. The van der Waals surface area contributed by atoms with Crippen LogP contribution in [-0.2, 0) is 14.3 Å². The van der Waals surface area contributed by atoms with Gasteiger partial charge >= 0.3 is 5.97 Å². The summed E-state index contributed by atoms with van der Waals surface area (Å²) in [6, 6.07) is 12.7. The van der Waals surface area contributed by atoms with E-state index in [-0.39, 0.29) is 11.7 Å². The highest BCUT2D eigenvalue weighted by Crippen LogP contribution is 2.46. The van der Waals surface area contributed by atoms with Crippen LogP contribution >= 0.6 is 34.8 Å². The topological polar surface area (TPSA) is 55.4 Å². The molecule has 1 N–H and O–H groups in total. The van der Waals surface area contributed by atoms with Crippen LogP contribution in [0.15, 0.2) is 65.0 Å². The van der Waals surface area contributed by atoms with Gasteiger partial charge in [-0.05, 0) is 54.7 Å². The molecule has 1 heterocycles. The second kappa shape index (κ2) is 8.70. The van der Waals surface area contributed by atoms with Gasteiger partial charge in [0.2, 0.25) is 0 Å². The average Bonchev–Trinajstić information content (AvgIpc) is 2.74. The number of halogens is 3. The molecule has 31 heavy (non-hydrogen) atoms. The second-order valence-electron chi connectivity index (χ2n) is 7.73. The lowest BCUT2D eigenvalue weighted by Crippen LogP contribution is -2.36. The number of hydrogen-bond acceptors (Lipinski definition) is 4. The summed E-state index contributed by atoms with van der Waals surface area (Å²) in [5.41, 5.74) is 4.23. The number of methoxy groups -OCH3 is 1. The van der Waals surface area contributed by atoms with Crippen molar-refractivity contribution in [3.63, 3.8) is 0 Å². The average molecular weight is 477 g/mol. The van der Waals surface area contributed by atoms with Crippen LogP contribution in [0.5, 0.6) is 0 Å². The molecule has 0 saturated heterocycles. The maximum atomic E-state index is 13.4. The van der Waals surface area contributed by atoms with Gasteiger partial charge in [-0.15, -0.1) is 0 Å². The van der Waals surface area contributed by atoms with Gasteiger partial charge in [-0.1, -0.05) is 53.0 Å². The molecule has 2 aliphatic rings. The summed E-state index contributed by atoms with van der Waals surface area (Å²) in [6.07, 6.45) is 0.986. The highest BCUT2D eigenvalue weighted by atomic mass is 35.5. The number of esters is 1. The number of rotatable bonds is 3. The van der Waals surface area contributed by atoms with Crippen LogP contribution in [0.3, 0.4) is 0 Å². The van der Waals surface area contributed by atoms with Gasteiger partial charge in [0.15, 0.2) is 5.78 Å². The molecule has 4 nitrogen and oxygen atoms in total. The quantitative estimate of drug-likeness (QED) is 0.537. The van der Waals surface area contributed by atoms with E-state index in [1.54, 1.807) is 18.2 Å². The Morgan fingerprint density at radius 3 is 2.32 bits per heavy atom. The number of dihydropyridines is 1. The second-order valence-corrected chi connectivity index (χ2v) is 8.98. The van der Waals surface area contributed by atoms with E-state index in [2.05, 4.69) is 5.32 Å². The van der Waals surface area contributed by atoms with Crippen molar-refractivity contribution in [3.05, 3.63) is 91.2 Å². The molecule has 1 aliphatic heterocycles. The van der Waals surface area contributed by atoms with E-state index in [9.17, 15) is 9.59 Å². The fourth-order valence-electron chi connectivity index (χ4n) is 4.42. The van der Waals surface area contributed by atoms with E-state index in [1.165, 1.54) is 7.11 Å². The van der Waals surface area contributed by atoms with E-state index < -0.39 is 11.9 Å². The number of ketones is 1. The Labute approximate surface area is 195 Å². The molecule has 0 bridgehead atoms. The summed E-state index contributed by atoms with van der Waals surface area (Å²) in [6.45, 7) is 1.82. The predicted molar refractivity (Wildman–Crippen MR) is 123 cm³/mol. The van der Waals surface area contributed by atoms with Crippen molar-refractivity contribution in [1.29, 1.82) is 0 Å². The fourth-order valence-corrected chi connectivity index (χ4v) is 4.85. The lowest BCUT2D eigenvalue weighted by Gasteiger charge is -2.36. The molecule has 2 aromatic carbocycles. The van der Waals surface area contributed by atoms with Crippen molar-refractivity contribution in [2.45, 2.75) is 31.6 Å². The van der Waals surface area contributed by atoms with E-state index in [0.717, 1.165) is 16.8 Å². The molecule has 0 fully saturated rings. The van der Waals surface area contributed by atoms with Gasteiger partial charge < -0.3 is 10.1 Å². The molecule has 2 atom stereocenters. The van der Waals surface area contributed by atoms with Crippen molar-refractivity contribution in [1.82, 2.24) is 5.32 Å². The van der Waals surface area contributed by atoms with Crippen LogP contribution in [0.1, 0.15) is 42.7 Å². The van der Waals surface area contributed by atoms with Crippen LogP contribution in [-0.4, -0.2) is 18.9 Å². The summed E-state index contributed by atoms with van der Waals surface area (Å²) in [4.78, 5) is 26.1. The first-order valence-corrected chi connectivity index (χ1v) is 11.0. The van der Waals surface area contributed by atoms with E-state index in [4.69, 9.17) is 39.5 Å². The molecule has 1 aliphatic carbocycles. The normalized spacial score (nSPS) is 21.0. The van der Waals surface area contributed by atoms with Crippen molar-refractivity contribution in [2.24, 2.45) is 0 Å². The van der Waals surface area contributed by atoms with Gasteiger partial charge in [-0.25, -0.2) is 4.79 Å². The van der Waals surface area contributed by atoms with Gasteiger partial charge in [0, 0.05) is 34.3 Å². The van der Waals surface area contributed by atoms with Crippen LogP contribution in [0.2, 0.25) is 15.1 Å². The van der Waals surface area contributed by atoms with Crippen molar-refractivity contribution in [3.8, 4) is 0 Å². The van der Waals surface area contributed by atoms with Crippen LogP contribution in [0.25, 0.3) is 0 Å². The zero-order valence-electron chi connectivity index (χ0n) is 17.0. The highest BCUT2D eigenvalue weighted by molar-refractivity contribution is 6.42. The zero-order valence-corrected chi connectivity index (χ0v) is 19.2. The number of hydrogen-bond donors (Lipinski definition) is 1. The Morgan fingerprint density at radius 2 is 1.68 bits per heavy atom. The third-order valence-electron chi connectivity index (χ3n) is 5.85. The third kappa shape index (κ3) is 4.12. The van der Waals surface area contributed by atoms with Crippen molar-refractivity contribution >= 4 is 46.6 Å². The molecular formula is C24H20Cl3NO3. The Hall–Kier alpha value is -2.27. The molecule has 0 aromatic heterocycles. The van der Waals surface area contributed by atoms with Gasteiger partial charge in [-0.2, -0.15) is 0 Å². The Morgan fingerprint density at radius 1 is 1.00 bits per heavy atom. The van der Waals surface area contributed by atoms with E-state index in [0.29, 0.717) is 44.8 Å². The van der Waals surface area contributed by atoms with Crippen LogP contribution in [0, 0.1) is 0 Å². The molecule has 0 spiro atoms. The summed E-state index contributed by atoms with van der Waals surface area (Å²) < 4.78 is 5.04. The summed E-state index contributed by atoms with van der Waals surface area (Å²) >= 11 is 18.4. The first-order chi connectivity index (χ1) is 14.8. The minimum Gasteiger partial charge on any atom is -0.466 e. The Kier molecular flexibility index (Phi) is 6.16. The van der Waals surface area contributed by atoms with Gasteiger partial charge in [-0.3, -0.25) is 4.79 Å². The number of nitrogens with one attached hydrogen (secondary N) is 1. The summed E-state index contributed by atoms with van der Waals surface area (Å²) in [5, 5.41) is 4.73. The molecular weight excluding hydrogens is 457 g/mol. The predicted octanol–water partition coefficient (Wildman–Crippen LogP) is 6.18. The first-order valence-electron chi connectivity index (χ1n) is 9.83. The maximum absolute atomic E-state index is 13.4. The Bertz CT molecular complexity index is 1140. The number of ether oxygens (including phenoxy) is 1. The number of allylic oxidation sites excluding steroid dienone is 3. The molecule has 2 aromatic rings. The lowest BCUT2D eigenvalue weighted by atomic mass is 9.72. The minimum absolute atomic E-state index is 0.0151. The molecule has 0 amide bonds. The summed E-state index contributed by atoms with van der Waals surface area (Å²) in [5.74, 6) is -1.05. The van der Waals surface area contributed by atoms with E-state index >= 15 is 0 Å². The number of Topliss-reactive ketones (excluding diaryl/α,β-unsaturated/α-hetero) is 1. The van der Waals surface area contributed by atoms with Gasteiger partial charge in [0.25, 0.3) is 0 Å². The molecule has 7 heteroatoms. The van der Waals surface area contributed by atoms with Crippen molar-refractivity contribution in [2.75, 3.05) is 7.11 Å². The van der Waals surface area contributed by atoms with Gasteiger partial charge in [0.1, 0.15) is 0 Å². The zero-order chi connectivity index (χ0) is 22.3. The minimum atomic E-state index is -0.572. The number of carbonyl (C=O) groups excluding carboxylic acids is 2. The first kappa shape index (κ1) is 21.9. The molecule has 0 unspecified atom stereocenters. The van der Waals surface area contributed by atoms with Crippen LogP contribution in [0.4, 0.5) is 0 Å². The fraction of sp³-hybridized carbons (Fsp3) is 0.250. The molecule has 0 radical (unpaired) electrons. The maximum Gasteiger partial charge on any atom is 0.336 e. The van der Waals surface area contributed by atoms with Crippen molar-refractivity contribution < 1.29 is 14.3 Å². The summed E-state index contributed by atoms with van der Waals surface area (Å²) in [7, 11) is 1.33. The molecule has 4 rings (SSSR count). The third-order valence-corrected chi connectivity index (χ3v) is 6.84. The van der Waals surface area contributed by atoms with Crippen LogP contribution < -0.4 is 5.32 Å². The monoisotopic (exact) mass is 475 g/mol. The standard InChI is InChI=1S/C24H20Cl3NO3/c1-12-21(24(30)31-2)22(14-5-8-17(26)18(27)9-14)23-19(28-12)10-15(11-20(23)29)13-3-6-16(25)7-4-13/h3-9,15,22,28H,10-11H2,1-2H3/t15-,22+/m0/s1. The SMILES string of the molecule is COC(=O)C1=C(C)NC2=C(C(=O)C[C@@H](c3ccc(Cl)cc3)C2)[C@@H]1c1ccc(Cl)c(Cl)c1. The molecule has 160 valence electrons. The van der Waals surface area contributed by atoms with Gasteiger partial charge in [0.05, 0.1) is 22.7 Å². The highest BCUT2D eigenvalue weighted by Gasteiger charge is 2.41. The molecule has 0 saturated carbocycles. The largest absolute Gasteiger partial charge is 0.466 e. The smallest absolute Gasteiger partial charge is 0.336 e. The number of carbonyl (C=O) groups is 2. The number of benzene rings is 2. The van der Waals surface area contributed by atoms with E-state index in [1.807, 2.05) is 31.2 Å². The lowest BCUT2D eigenvalue weighted by molar-refractivity contribution is -0.136.